The van der Waals surface area contributed by atoms with Crippen molar-refractivity contribution in [1.29, 1.82) is 0 Å². The van der Waals surface area contributed by atoms with Crippen LogP contribution < -0.4 is 10.6 Å². The van der Waals surface area contributed by atoms with E-state index in [1.54, 1.807) is 0 Å². The average Bonchev–Trinajstić information content (AvgIpc) is 2.98. The number of carbonyl (C=O) groups is 3. The number of hydrogen-bond acceptors (Lipinski definition) is 3. The predicted octanol–water partition coefficient (Wildman–Crippen LogP) is 2.90. The molecule has 3 N–H and O–H groups in total. The van der Waals surface area contributed by atoms with Crippen LogP contribution in [0.15, 0.2) is 72.8 Å². The second-order valence-electron chi connectivity index (χ2n) is 7.50. The lowest BCUT2D eigenvalue weighted by Gasteiger charge is -2.21. The van der Waals surface area contributed by atoms with Gasteiger partial charge in [-0.15, -0.1) is 0 Å². The molecule has 0 radical (unpaired) electrons. The molecule has 2 aliphatic carbocycles. The standard InChI is InChI=1S/C25H26N2O4/c1-26-25(31)22(14-17-8-4-2-5-9-17)27-24(30)20(16-23(28)29)15-19-13-12-18-10-6-3-7-11-21(18)19/h2-13,20,22H,14-16H2,1H3,(H,26,31)(H,27,30)(H,28,29)/t20-,22+/m1/s1. The first-order valence-corrected chi connectivity index (χ1v) is 10.2. The van der Waals surface area contributed by atoms with E-state index in [0.29, 0.717) is 6.42 Å². The molecule has 2 aliphatic rings. The molecule has 0 saturated carbocycles. The highest BCUT2D eigenvalue weighted by Crippen LogP contribution is 2.29. The molecular weight excluding hydrogens is 392 g/mol. The number of aliphatic carboxylic acids is 1. The zero-order valence-corrected chi connectivity index (χ0v) is 17.4. The summed E-state index contributed by atoms with van der Waals surface area (Å²) in [5, 5.41) is 14.7. The van der Waals surface area contributed by atoms with E-state index in [1.807, 2.05) is 72.8 Å². The molecule has 1 aromatic carbocycles. The molecule has 2 amide bonds. The molecule has 0 aromatic heterocycles. The van der Waals surface area contributed by atoms with Crippen LogP contribution in [-0.2, 0) is 27.2 Å². The molecule has 0 aliphatic heterocycles. The maximum atomic E-state index is 13.1. The Hall–Kier alpha value is -3.67. The van der Waals surface area contributed by atoms with Gasteiger partial charge in [0.25, 0.3) is 0 Å². The van der Waals surface area contributed by atoms with Gasteiger partial charge in [0.1, 0.15) is 6.04 Å². The van der Waals surface area contributed by atoms with Crippen molar-refractivity contribution in [2.24, 2.45) is 5.92 Å². The third-order valence-corrected chi connectivity index (χ3v) is 5.30. The quantitative estimate of drug-likeness (QED) is 0.498. The van der Waals surface area contributed by atoms with Crippen LogP contribution >= 0.6 is 0 Å². The van der Waals surface area contributed by atoms with Gasteiger partial charge in [0.05, 0.1) is 12.3 Å². The Bertz CT molecular complexity index is 1020. The van der Waals surface area contributed by atoms with Crippen molar-refractivity contribution < 1.29 is 19.5 Å². The van der Waals surface area contributed by atoms with E-state index in [4.69, 9.17) is 0 Å². The first-order chi connectivity index (χ1) is 15.0. The van der Waals surface area contributed by atoms with Crippen LogP contribution in [0.3, 0.4) is 0 Å². The Kier molecular flexibility index (Phi) is 7.38. The summed E-state index contributed by atoms with van der Waals surface area (Å²) in [4.78, 5) is 36.9. The summed E-state index contributed by atoms with van der Waals surface area (Å²) in [7, 11) is 1.51. The molecule has 160 valence electrons. The average molecular weight is 418 g/mol. The fourth-order valence-corrected chi connectivity index (χ4v) is 3.71. The van der Waals surface area contributed by atoms with E-state index in [0.717, 1.165) is 22.3 Å². The van der Waals surface area contributed by atoms with E-state index in [-0.39, 0.29) is 18.7 Å². The number of carbonyl (C=O) groups excluding carboxylic acids is 2. The molecule has 0 fully saturated rings. The van der Waals surface area contributed by atoms with Gasteiger partial charge in [0, 0.05) is 13.5 Å². The van der Waals surface area contributed by atoms with Crippen LogP contribution in [0.4, 0.5) is 0 Å². The number of carboxylic acids is 1. The van der Waals surface area contributed by atoms with E-state index in [2.05, 4.69) is 10.6 Å². The number of amides is 2. The number of fused-ring (bicyclic) bond motifs is 1. The lowest BCUT2D eigenvalue weighted by Crippen LogP contribution is -2.49. The van der Waals surface area contributed by atoms with Crippen molar-refractivity contribution in [2.75, 3.05) is 7.05 Å². The Morgan fingerprint density at radius 2 is 1.52 bits per heavy atom. The van der Waals surface area contributed by atoms with E-state index < -0.39 is 23.8 Å². The highest BCUT2D eigenvalue weighted by atomic mass is 16.4. The third kappa shape index (κ3) is 5.92. The molecule has 6 nitrogen and oxygen atoms in total. The van der Waals surface area contributed by atoms with Crippen LogP contribution in [0.1, 0.15) is 17.5 Å². The number of rotatable bonds is 9. The Morgan fingerprint density at radius 1 is 0.839 bits per heavy atom. The summed E-state index contributed by atoms with van der Waals surface area (Å²) in [5.74, 6) is -2.61. The minimum Gasteiger partial charge on any atom is -0.481 e. The van der Waals surface area contributed by atoms with Crippen molar-refractivity contribution in [3.63, 3.8) is 0 Å². The number of carboxylic acid groups (broad SMARTS) is 1. The maximum absolute atomic E-state index is 13.1. The Labute approximate surface area is 181 Å². The van der Waals surface area contributed by atoms with Gasteiger partial charge in [-0.3, -0.25) is 14.4 Å². The summed E-state index contributed by atoms with van der Waals surface area (Å²) in [6, 6.07) is 22.2. The first-order valence-electron chi connectivity index (χ1n) is 10.2. The Morgan fingerprint density at radius 3 is 2.19 bits per heavy atom. The van der Waals surface area contributed by atoms with Crippen LogP contribution in [0, 0.1) is 5.92 Å². The maximum Gasteiger partial charge on any atom is 0.304 e. The Balaban J connectivity index is 1.79. The van der Waals surface area contributed by atoms with E-state index in [9.17, 15) is 19.5 Å². The summed E-state index contributed by atoms with van der Waals surface area (Å²) < 4.78 is 0. The highest BCUT2D eigenvalue weighted by molar-refractivity contribution is 5.90. The largest absolute Gasteiger partial charge is 0.481 e. The van der Waals surface area contributed by atoms with Crippen LogP contribution in [0.25, 0.3) is 11.1 Å². The molecule has 0 saturated heterocycles. The zero-order chi connectivity index (χ0) is 22.2. The lowest BCUT2D eigenvalue weighted by atomic mass is 9.93. The molecule has 0 heterocycles. The summed E-state index contributed by atoms with van der Waals surface area (Å²) in [6.07, 6.45) is 0.280. The number of likely N-dealkylation sites (N-methyl/N-ethyl adjacent to an activating group) is 1. The van der Waals surface area contributed by atoms with Gasteiger partial charge < -0.3 is 15.7 Å². The second kappa shape index (κ2) is 10.4. The topological polar surface area (TPSA) is 95.5 Å². The molecule has 0 bridgehead atoms. The van der Waals surface area contributed by atoms with Gasteiger partial charge >= 0.3 is 5.97 Å². The normalized spacial score (nSPS) is 12.7. The van der Waals surface area contributed by atoms with Crippen molar-refractivity contribution in [1.82, 2.24) is 10.6 Å². The fourth-order valence-electron chi connectivity index (χ4n) is 3.71. The molecule has 2 atom stereocenters. The van der Waals surface area contributed by atoms with E-state index >= 15 is 0 Å². The predicted molar refractivity (Wildman–Crippen MR) is 119 cm³/mol. The SMILES string of the molecule is CNC(=O)[C@H](Cc1ccccc1)NC(=O)[C@@H](CC(=O)O)Cc1ccc2cccccc1-2. The van der Waals surface area contributed by atoms with Gasteiger partial charge in [-0.2, -0.15) is 0 Å². The van der Waals surface area contributed by atoms with Crippen molar-refractivity contribution in [3.05, 3.63) is 83.9 Å². The van der Waals surface area contributed by atoms with Crippen molar-refractivity contribution in [3.8, 4) is 11.1 Å². The van der Waals surface area contributed by atoms with Gasteiger partial charge in [0.2, 0.25) is 11.8 Å². The van der Waals surface area contributed by atoms with Crippen molar-refractivity contribution in [2.45, 2.75) is 25.3 Å². The minimum atomic E-state index is -1.05. The van der Waals surface area contributed by atoms with Gasteiger partial charge in [0.15, 0.2) is 0 Å². The number of hydrogen-bond donors (Lipinski definition) is 3. The summed E-state index contributed by atoms with van der Waals surface area (Å²) >= 11 is 0. The monoisotopic (exact) mass is 418 g/mol. The molecule has 0 spiro atoms. The smallest absolute Gasteiger partial charge is 0.304 e. The van der Waals surface area contributed by atoms with Crippen molar-refractivity contribution >= 4 is 17.8 Å². The van der Waals surface area contributed by atoms with Gasteiger partial charge in [-0.25, -0.2) is 0 Å². The van der Waals surface area contributed by atoms with Gasteiger partial charge in [-0.1, -0.05) is 72.8 Å². The highest BCUT2D eigenvalue weighted by Gasteiger charge is 2.28. The molecule has 1 aromatic rings. The molecule has 0 unspecified atom stereocenters. The molecular formula is C25H26N2O4. The summed E-state index contributed by atoms with van der Waals surface area (Å²) in [5.41, 5.74) is 3.83. The minimum absolute atomic E-state index is 0.275. The molecule has 3 rings (SSSR count). The fraction of sp³-hybridized carbons (Fsp3) is 0.240. The second-order valence-corrected chi connectivity index (χ2v) is 7.50. The lowest BCUT2D eigenvalue weighted by molar-refractivity contribution is -0.141. The van der Waals surface area contributed by atoms with E-state index in [1.165, 1.54) is 7.05 Å². The zero-order valence-electron chi connectivity index (χ0n) is 17.4. The summed E-state index contributed by atoms with van der Waals surface area (Å²) in [6.45, 7) is 0. The molecule has 6 heteroatoms. The van der Waals surface area contributed by atoms with Crippen LogP contribution in [0.5, 0.6) is 0 Å². The van der Waals surface area contributed by atoms with Crippen LogP contribution in [0.2, 0.25) is 0 Å². The van der Waals surface area contributed by atoms with Gasteiger partial charge in [-0.05, 0) is 28.7 Å². The number of benzene rings is 1. The third-order valence-electron chi connectivity index (χ3n) is 5.30. The molecule has 31 heavy (non-hydrogen) atoms. The number of nitrogens with one attached hydrogen (secondary N) is 2. The first kappa shape index (κ1) is 22.0. The van der Waals surface area contributed by atoms with Crippen LogP contribution in [-0.4, -0.2) is 36.0 Å².